The Bertz CT molecular complexity index is 1130. The molecule has 0 unspecified atom stereocenters. The zero-order valence-electron chi connectivity index (χ0n) is 16.4. The number of nitrogen functional groups attached to an aromatic ring is 1. The first-order valence-electron chi connectivity index (χ1n) is 9.97. The average Bonchev–Trinajstić information content (AvgIpc) is 3.45. The van der Waals surface area contributed by atoms with Gasteiger partial charge in [-0.3, -0.25) is 10.2 Å². The summed E-state index contributed by atoms with van der Waals surface area (Å²) in [4.78, 5) is 15.6. The number of nitrogens with two attached hydrogens (primary N) is 1. The summed E-state index contributed by atoms with van der Waals surface area (Å²) in [6, 6.07) is 11.0. The molecule has 0 radical (unpaired) electrons. The van der Waals surface area contributed by atoms with Crippen molar-refractivity contribution in [3.63, 3.8) is 0 Å². The third-order valence-corrected chi connectivity index (χ3v) is 6.45. The largest absolute Gasteiger partial charge is 0.488 e. The number of ether oxygens (including phenoxy) is 1. The van der Waals surface area contributed by atoms with Crippen LogP contribution in [0.15, 0.2) is 47.2 Å². The first-order chi connectivity index (χ1) is 14.6. The summed E-state index contributed by atoms with van der Waals surface area (Å²) in [6.45, 7) is 2.45. The third kappa shape index (κ3) is 3.31. The number of amides is 1. The molecular weight excluding hydrogens is 396 g/mol. The Balaban J connectivity index is 1.53. The highest BCUT2D eigenvalue weighted by molar-refractivity contribution is 7.08. The number of carbonyl (C=O) groups excluding carboxylic acids is 1. The topological polar surface area (TPSA) is 91.4 Å². The van der Waals surface area contributed by atoms with E-state index in [0.717, 1.165) is 54.1 Å². The summed E-state index contributed by atoms with van der Waals surface area (Å²) in [6.07, 6.45) is 2.25. The number of benzene rings is 2. The van der Waals surface area contributed by atoms with Gasteiger partial charge in [-0.1, -0.05) is 0 Å². The molecule has 3 aromatic rings. The smallest absolute Gasteiger partial charge is 0.257 e. The lowest BCUT2D eigenvalue weighted by molar-refractivity contribution is 0.102. The monoisotopic (exact) mass is 418 g/mol. The van der Waals surface area contributed by atoms with Crippen LogP contribution in [0.3, 0.4) is 0 Å². The molecule has 4 N–H and O–H groups in total. The van der Waals surface area contributed by atoms with Crippen molar-refractivity contribution in [2.24, 2.45) is 5.73 Å². The quantitative estimate of drug-likeness (QED) is 0.431. The minimum Gasteiger partial charge on any atom is -0.488 e. The van der Waals surface area contributed by atoms with E-state index in [2.05, 4.69) is 21.0 Å². The van der Waals surface area contributed by atoms with Gasteiger partial charge in [0.25, 0.3) is 5.91 Å². The average molecular weight is 419 g/mol. The highest BCUT2D eigenvalue weighted by Gasteiger charge is 2.26. The van der Waals surface area contributed by atoms with Gasteiger partial charge in [-0.2, -0.15) is 11.3 Å². The molecular formula is C23H22N4O2S. The molecule has 0 aliphatic carbocycles. The lowest BCUT2D eigenvalue weighted by atomic mass is 9.97. The van der Waals surface area contributed by atoms with E-state index in [4.69, 9.17) is 15.9 Å². The molecule has 1 fully saturated rings. The van der Waals surface area contributed by atoms with Gasteiger partial charge < -0.3 is 20.7 Å². The maximum atomic E-state index is 13.3. The van der Waals surface area contributed by atoms with Gasteiger partial charge in [0.1, 0.15) is 18.2 Å². The Labute approximate surface area is 178 Å². The Hall–Kier alpha value is -3.32. The van der Waals surface area contributed by atoms with Crippen molar-refractivity contribution < 1.29 is 9.53 Å². The van der Waals surface area contributed by atoms with E-state index < -0.39 is 0 Å². The number of nitrogens with zero attached hydrogens (tertiary/aromatic N) is 1. The molecule has 0 spiro atoms. The van der Waals surface area contributed by atoms with E-state index in [0.29, 0.717) is 23.4 Å². The molecule has 0 saturated carbocycles. The molecule has 3 heterocycles. The molecule has 0 atom stereocenters. The summed E-state index contributed by atoms with van der Waals surface area (Å²) in [5.41, 5.74) is 11.7. The van der Waals surface area contributed by atoms with Crippen LogP contribution in [0.25, 0.3) is 11.1 Å². The number of anilines is 2. The fraction of sp³-hybridized carbons (Fsp3) is 0.217. The molecule has 1 aromatic heterocycles. The van der Waals surface area contributed by atoms with Crippen molar-refractivity contribution in [1.29, 1.82) is 5.41 Å². The summed E-state index contributed by atoms with van der Waals surface area (Å²) in [7, 11) is 0. The summed E-state index contributed by atoms with van der Waals surface area (Å²) < 4.78 is 6.01. The first kappa shape index (κ1) is 18.7. The van der Waals surface area contributed by atoms with Crippen LogP contribution in [-0.4, -0.2) is 24.8 Å². The van der Waals surface area contributed by atoms with Crippen LogP contribution in [0.2, 0.25) is 0 Å². The van der Waals surface area contributed by atoms with Crippen molar-refractivity contribution in [3.8, 4) is 16.9 Å². The predicted octanol–water partition coefficient (Wildman–Crippen LogP) is 4.44. The number of rotatable bonds is 4. The van der Waals surface area contributed by atoms with Crippen LogP contribution in [0.5, 0.6) is 5.75 Å². The van der Waals surface area contributed by atoms with E-state index in [1.54, 1.807) is 35.6 Å². The molecule has 1 amide bonds. The number of nitrogens with one attached hydrogen (secondary N) is 2. The number of thiophene rings is 1. The Morgan fingerprint density at radius 1 is 1.10 bits per heavy atom. The van der Waals surface area contributed by atoms with E-state index in [1.807, 2.05) is 12.1 Å². The van der Waals surface area contributed by atoms with Crippen LogP contribution in [0.4, 0.5) is 11.4 Å². The predicted molar refractivity (Wildman–Crippen MR) is 121 cm³/mol. The van der Waals surface area contributed by atoms with Gasteiger partial charge in [-0.05, 0) is 53.9 Å². The lowest BCUT2D eigenvalue weighted by Gasteiger charge is -2.25. The molecule has 2 aliphatic heterocycles. The number of amidine groups is 1. The van der Waals surface area contributed by atoms with E-state index in [-0.39, 0.29) is 11.7 Å². The van der Waals surface area contributed by atoms with Gasteiger partial charge in [0, 0.05) is 47.1 Å². The molecule has 1 saturated heterocycles. The van der Waals surface area contributed by atoms with Gasteiger partial charge in [0.15, 0.2) is 0 Å². The number of hydrogen-bond acceptors (Lipinski definition) is 5. The Kier molecular flexibility index (Phi) is 4.67. The maximum absolute atomic E-state index is 13.3. The molecule has 7 heteroatoms. The van der Waals surface area contributed by atoms with Crippen LogP contribution in [0, 0.1) is 5.41 Å². The number of carbonyl (C=O) groups is 1. The standard InChI is InChI=1S/C23H22N4O2S/c24-22(25)14-3-5-16(6-4-14)26-23(28)18-9-17-19-13-30-12-15(19)11-29-21(17)10-20(18)27-7-1-2-8-27/h3-6,9-10,12-13H,1-2,7-8,11H2,(H3,24,25)(H,26,28). The second kappa shape index (κ2) is 7.50. The van der Waals surface area contributed by atoms with Crippen molar-refractivity contribution >= 4 is 34.5 Å². The molecule has 152 valence electrons. The first-order valence-corrected chi connectivity index (χ1v) is 10.9. The van der Waals surface area contributed by atoms with E-state index >= 15 is 0 Å². The SMILES string of the molecule is N=C(N)c1ccc(NC(=O)c2cc3c(cc2N2CCCC2)OCc2cscc2-3)cc1. The van der Waals surface area contributed by atoms with Gasteiger partial charge in [0.05, 0.1) is 11.3 Å². The second-order valence-corrected chi connectivity index (χ2v) is 8.35. The van der Waals surface area contributed by atoms with Crippen LogP contribution < -0.4 is 20.7 Å². The van der Waals surface area contributed by atoms with Crippen LogP contribution >= 0.6 is 11.3 Å². The van der Waals surface area contributed by atoms with Gasteiger partial charge in [-0.15, -0.1) is 0 Å². The van der Waals surface area contributed by atoms with Gasteiger partial charge >= 0.3 is 0 Å². The van der Waals surface area contributed by atoms with Crippen molar-refractivity contribution in [1.82, 2.24) is 0 Å². The summed E-state index contributed by atoms with van der Waals surface area (Å²) in [5, 5.41) is 14.7. The molecule has 5 rings (SSSR count). The highest BCUT2D eigenvalue weighted by atomic mass is 32.1. The molecule has 2 aliphatic rings. The summed E-state index contributed by atoms with van der Waals surface area (Å²) in [5.74, 6) is 0.688. The third-order valence-electron chi connectivity index (χ3n) is 5.66. The van der Waals surface area contributed by atoms with Gasteiger partial charge in [0.2, 0.25) is 0 Å². The van der Waals surface area contributed by atoms with E-state index in [1.165, 1.54) is 0 Å². The highest BCUT2D eigenvalue weighted by Crippen LogP contribution is 2.43. The normalized spacial score (nSPS) is 14.6. The molecule has 0 bridgehead atoms. The zero-order valence-corrected chi connectivity index (χ0v) is 17.2. The molecule has 30 heavy (non-hydrogen) atoms. The minimum atomic E-state index is -0.155. The Morgan fingerprint density at radius 2 is 1.87 bits per heavy atom. The number of hydrogen-bond donors (Lipinski definition) is 3. The Morgan fingerprint density at radius 3 is 2.60 bits per heavy atom. The molecule has 6 nitrogen and oxygen atoms in total. The minimum absolute atomic E-state index is 0.00505. The zero-order chi connectivity index (χ0) is 20.7. The molecule has 2 aromatic carbocycles. The van der Waals surface area contributed by atoms with Crippen molar-refractivity contribution in [3.05, 3.63) is 63.8 Å². The number of fused-ring (bicyclic) bond motifs is 3. The van der Waals surface area contributed by atoms with Crippen LogP contribution in [-0.2, 0) is 6.61 Å². The lowest BCUT2D eigenvalue weighted by Crippen LogP contribution is -2.23. The second-order valence-electron chi connectivity index (χ2n) is 7.60. The van der Waals surface area contributed by atoms with Crippen molar-refractivity contribution in [2.45, 2.75) is 19.4 Å². The maximum Gasteiger partial charge on any atom is 0.257 e. The van der Waals surface area contributed by atoms with Gasteiger partial charge in [-0.25, -0.2) is 0 Å². The summed E-state index contributed by atoms with van der Waals surface area (Å²) >= 11 is 1.65. The fourth-order valence-corrected chi connectivity index (χ4v) is 4.90. The van der Waals surface area contributed by atoms with Crippen LogP contribution in [0.1, 0.15) is 34.3 Å². The van der Waals surface area contributed by atoms with E-state index in [9.17, 15) is 4.79 Å². The fourth-order valence-electron chi connectivity index (χ4n) is 4.06. The van der Waals surface area contributed by atoms with Crippen molar-refractivity contribution in [2.75, 3.05) is 23.3 Å².